The van der Waals surface area contributed by atoms with Gasteiger partial charge in [0.2, 0.25) is 15.9 Å². The molecule has 1 aromatic heterocycles. The van der Waals surface area contributed by atoms with Gasteiger partial charge in [-0.3, -0.25) is 0 Å². The molecule has 0 bridgehead atoms. The summed E-state index contributed by atoms with van der Waals surface area (Å²) in [6, 6.07) is -0.0176. The van der Waals surface area contributed by atoms with E-state index in [9.17, 15) is 34.8 Å². The van der Waals surface area contributed by atoms with Crippen LogP contribution in [0.3, 0.4) is 0 Å². The molecule has 13 heteroatoms. The van der Waals surface area contributed by atoms with E-state index in [-0.39, 0.29) is 6.07 Å². The standard InChI is InChI=1S/C8H5ClF6N2O3S/c9-2-3-4(21(16,18)19)1-5(7(10,11)12)17-6(3)20-8(13,14)15/h1H,2H2,(H2,16,18,19). The topological polar surface area (TPSA) is 82.3 Å². The van der Waals surface area contributed by atoms with Gasteiger partial charge in [-0.25, -0.2) is 18.5 Å². The Labute approximate surface area is 118 Å². The zero-order valence-electron chi connectivity index (χ0n) is 9.59. The minimum Gasteiger partial charge on any atom is -0.387 e. The van der Waals surface area contributed by atoms with Crippen molar-refractivity contribution in [2.45, 2.75) is 23.3 Å². The Bertz CT molecular complexity index is 643. The Balaban J connectivity index is 3.68. The maximum Gasteiger partial charge on any atom is 0.574 e. The van der Waals surface area contributed by atoms with Gasteiger partial charge in [0, 0.05) is 5.56 Å². The van der Waals surface area contributed by atoms with Gasteiger partial charge in [0.15, 0.2) is 0 Å². The zero-order valence-corrected chi connectivity index (χ0v) is 11.2. The molecule has 0 amide bonds. The molecule has 0 radical (unpaired) electrons. The lowest BCUT2D eigenvalue weighted by Crippen LogP contribution is -2.23. The molecule has 0 spiro atoms. The van der Waals surface area contributed by atoms with E-state index in [0.29, 0.717) is 0 Å². The van der Waals surface area contributed by atoms with Crippen LogP contribution in [0.25, 0.3) is 0 Å². The summed E-state index contributed by atoms with van der Waals surface area (Å²) in [5.41, 5.74) is -2.84. The van der Waals surface area contributed by atoms with E-state index < -0.39 is 50.5 Å². The number of hydrogen-bond donors (Lipinski definition) is 1. The number of aromatic nitrogens is 1. The highest BCUT2D eigenvalue weighted by Crippen LogP contribution is 2.36. The van der Waals surface area contributed by atoms with Gasteiger partial charge in [0.05, 0.1) is 10.8 Å². The lowest BCUT2D eigenvalue weighted by Gasteiger charge is -2.16. The lowest BCUT2D eigenvalue weighted by atomic mass is 10.2. The highest BCUT2D eigenvalue weighted by atomic mass is 35.5. The van der Waals surface area contributed by atoms with Crippen LogP contribution in [0.2, 0.25) is 0 Å². The average Bonchev–Trinajstić information content (AvgIpc) is 2.23. The predicted molar refractivity (Wildman–Crippen MR) is 56.9 cm³/mol. The third kappa shape index (κ3) is 4.61. The van der Waals surface area contributed by atoms with Crippen molar-refractivity contribution in [3.63, 3.8) is 0 Å². The summed E-state index contributed by atoms with van der Waals surface area (Å²) in [6.45, 7) is 0. The van der Waals surface area contributed by atoms with Crippen LogP contribution < -0.4 is 9.88 Å². The van der Waals surface area contributed by atoms with Crippen molar-refractivity contribution in [3.8, 4) is 5.88 Å². The van der Waals surface area contributed by atoms with Gasteiger partial charge >= 0.3 is 12.5 Å². The average molecular weight is 359 g/mol. The van der Waals surface area contributed by atoms with Gasteiger partial charge in [0.25, 0.3) is 0 Å². The Kier molecular flexibility index (Phi) is 4.65. The molecule has 0 aliphatic heterocycles. The van der Waals surface area contributed by atoms with Crippen molar-refractivity contribution in [2.75, 3.05) is 0 Å². The molecule has 0 fully saturated rings. The normalized spacial score (nSPS) is 13.3. The number of alkyl halides is 7. The van der Waals surface area contributed by atoms with Crippen molar-refractivity contribution in [1.29, 1.82) is 0 Å². The summed E-state index contributed by atoms with van der Waals surface area (Å²) in [6.07, 6.45) is -10.6. The second-order valence-electron chi connectivity index (χ2n) is 3.51. The molecule has 0 aromatic carbocycles. The van der Waals surface area contributed by atoms with Crippen LogP contribution in [0.4, 0.5) is 26.3 Å². The summed E-state index contributed by atoms with van der Waals surface area (Å²) >= 11 is 5.25. The molecule has 0 atom stereocenters. The Morgan fingerprint density at radius 2 is 1.76 bits per heavy atom. The van der Waals surface area contributed by atoms with Crippen LogP contribution in [-0.2, 0) is 22.1 Å². The van der Waals surface area contributed by atoms with Crippen LogP contribution in [0.1, 0.15) is 11.3 Å². The molecule has 0 aliphatic rings. The summed E-state index contributed by atoms with van der Waals surface area (Å²) in [4.78, 5) is 1.35. The molecule has 120 valence electrons. The Morgan fingerprint density at radius 3 is 2.10 bits per heavy atom. The van der Waals surface area contributed by atoms with Gasteiger partial charge in [-0.15, -0.1) is 24.8 Å². The minimum absolute atomic E-state index is 0.0176. The van der Waals surface area contributed by atoms with E-state index in [1.165, 1.54) is 0 Å². The first kappa shape index (κ1) is 17.8. The van der Waals surface area contributed by atoms with Crippen LogP contribution in [-0.4, -0.2) is 19.8 Å². The van der Waals surface area contributed by atoms with E-state index >= 15 is 0 Å². The highest BCUT2D eigenvalue weighted by Gasteiger charge is 2.39. The summed E-state index contributed by atoms with van der Waals surface area (Å²) in [5.74, 6) is -2.54. The maximum absolute atomic E-state index is 12.5. The smallest absolute Gasteiger partial charge is 0.387 e. The molecule has 1 heterocycles. The lowest BCUT2D eigenvalue weighted by molar-refractivity contribution is -0.276. The van der Waals surface area contributed by atoms with Crippen molar-refractivity contribution >= 4 is 21.6 Å². The molecular formula is C8H5ClF6N2O3S. The third-order valence-electron chi connectivity index (χ3n) is 1.99. The fourth-order valence-electron chi connectivity index (χ4n) is 1.24. The fourth-order valence-corrected chi connectivity index (χ4v) is 2.36. The SMILES string of the molecule is NS(=O)(=O)c1cc(C(F)(F)F)nc(OC(F)(F)F)c1CCl. The summed E-state index contributed by atoms with van der Waals surface area (Å²) < 4.78 is 99.7. The molecule has 1 rings (SSSR count). The first-order chi connectivity index (χ1) is 9.25. The van der Waals surface area contributed by atoms with Crippen molar-refractivity contribution in [2.24, 2.45) is 5.14 Å². The molecule has 0 unspecified atom stereocenters. The largest absolute Gasteiger partial charge is 0.574 e. The van der Waals surface area contributed by atoms with Crippen molar-refractivity contribution < 1.29 is 39.5 Å². The number of rotatable bonds is 3. The van der Waals surface area contributed by atoms with E-state index in [0.717, 1.165) is 0 Å². The van der Waals surface area contributed by atoms with Gasteiger partial charge in [-0.1, -0.05) is 0 Å². The zero-order chi connectivity index (χ0) is 16.6. The van der Waals surface area contributed by atoms with Crippen LogP contribution >= 0.6 is 11.6 Å². The number of ether oxygens (including phenoxy) is 1. The summed E-state index contributed by atoms with van der Waals surface area (Å²) in [7, 11) is -4.78. The monoisotopic (exact) mass is 358 g/mol. The van der Waals surface area contributed by atoms with Crippen LogP contribution in [0.15, 0.2) is 11.0 Å². The van der Waals surface area contributed by atoms with Crippen LogP contribution in [0.5, 0.6) is 5.88 Å². The van der Waals surface area contributed by atoms with Crippen molar-refractivity contribution in [1.82, 2.24) is 4.98 Å². The molecule has 0 aliphatic carbocycles. The molecule has 2 N–H and O–H groups in total. The first-order valence-electron chi connectivity index (χ1n) is 4.71. The third-order valence-corrected chi connectivity index (χ3v) is 3.23. The number of primary sulfonamides is 1. The second kappa shape index (κ2) is 5.50. The fraction of sp³-hybridized carbons (Fsp3) is 0.375. The van der Waals surface area contributed by atoms with Gasteiger partial charge < -0.3 is 4.74 Å². The predicted octanol–water partition coefficient (Wildman–Crippen LogP) is 2.39. The molecule has 21 heavy (non-hydrogen) atoms. The minimum atomic E-state index is -5.40. The van der Waals surface area contributed by atoms with Gasteiger partial charge in [-0.05, 0) is 6.07 Å². The Hall–Kier alpha value is -1.27. The highest BCUT2D eigenvalue weighted by molar-refractivity contribution is 7.89. The van der Waals surface area contributed by atoms with E-state index in [2.05, 4.69) is 14.9 Å². The van der Waals surface area contributed by atoms with Crippen molar-refractivity contribution in [3.05, 3.63) is 17.3 Å². The number of hydrogen-bond acceptors (Lipinski definition) is 4. The summed E-state index contributed by atoms with van der Waals surface area (Å²) in [5, 5.41) is 4.66. The van der Waals surface area contributed by atoms with Crippen LogP contribution in [0, 0.1) is 0 Å². The molecule has 1 aromatic rings. The number of halogens is 7. The number of pyridine rings is 1. The quantitative estimate of drug-likeness (QED) is 0.664. The molecule has 0 saturated heterocycles. The van der Waals surface area contributed by atoms with Gasteiger partial charge in [0.1, 0.15) is 5.69 Å². The van der Waals surface area contributed by atoms with E-state index in [1.807, 2.05) is 0 Å². The van der Waals surface area contributed by atoms with E-state index in [1.54, 1.807) is 0 Å². The molecular weight excluding hydrogens is 354 g/mol. The molecule has 5 nitrogen and oxygen atoms in total. The number of nitrogens with zero attached hydrogens (tertiary/aromatic N) is 1. The first-order valence-corrected chi connectivity index (χ1v) is 6.79. The number of nitrogens with two attached hydrogens (primary N) is 1. The number of sulfonamides is 1. The van der Waals surface area contributed by atoms with Gasteiger partial charge in [-0.2, -0.15) is 13.2 Å². The second-order valence-corrected chi connectivity index (χ2v) is 5.31. The maximum atomic E-state index is 12.5. The molecule has 0 saturated carbocycles. The van der Waals surface area contributed by atoms with E-state index in [4.69, 9.17) is 11.6 Å². The Morgan fingerprint density at radius 1 is 1.24 bits per heavy atom.